The first-order chi connectivity index (χ1) is 17.0. The van der Waals surface area contributed by atoms with Crippen LogP contribution in [0.4, 0.5) is 9.52 Å². The summed E-state index contributed by atoms with van der Waals surface area (Å²) in [6, 6.07) is 13.1. The number of anilines is 1. The molecule has 180 valence electrons. The number of aromatic nitrogens is 4. The summed E-state index contributed by atoms with van der Waals surface area (Å²) in [6.45, 7) is 0.102. The van der Waals surface area contributed by atoms with Crippen molar-refractivity contribution in [2.24, 2.45) is 0 Å². The van der Waals surface area contributed by atoms with Gasteiger partial charge in [-0.15, -0.1) is 21.5 Å². The highest BCUT2D eigenvalue weighted by atomic mass is 32.2. The van der Waals surface area contributed by atoms with Crippen molar-refractivity contribution in [1.29, 1.82) is 0 Å². The maximum Gasteiger partial charge on any atom is 0.236 e. The van der Waals surface area contributed by atoms with Gasteiger partial charge in [-0.1, -0.05) is 23.9 Å². The molecule has 0 unspecified atom stereocenters. The maximum atomic E-state index is 13.5. The van der Waals surface area contributed by atoms with E-state index in [0.717, 1.165) is 5.56 Å². The molecule has 0 aliphatic rings. The smallest absolute Gasteiger partial charge is 0.236 e. The number of carbonyl (C=O) groups is 2. The van der Waals surface area contributed by atoms with Crippen LogP contribution in [-0.2, 0) is 22.6 Å². The molecular weight excluding hydrogens is 491 g/mol. The van der Waals surface area contributed by atoms with Crippen LogP contribution in [0.3, 0.4) is 0 Å². The van der Waals surface area contributed by atoms with Crippen molar-refractivity contribution in [1.82, 2.24) is 25.1 Å². The number of carbonyl (C=O) groups excluding carboxylic acids is 2. The van der Waals surface area contributed by atoms with Gasteiger partial charge in [0, 0.05) is 17.3 Å². The van der Waals surface area contributed by atoms with E-state index in [9.17, 15) is 14.0 Å². The molecule has 0 saturated heterocycles. The molecule has 0 bridgehead atoms. The number of methoxy groups -OCH3 is 1. The van der Waals surface area contributed by atoms with Crippen molar-refractivity contribution in [3.8, 4) is 11.4 Å². The Kier molecular flexibility index (Phi) is 8.06. The number of hydrogen-bond donors (Lipinski definition) is 2. The van der Waals surface area contributed by atoms with Gasteiger partial charge in [0.1, 0.15) is 11.6 Å². The number of hydrogen-bond acceptors (Lipinski definition) is 8. The van der Waals surface area contributed by atoms with Crippen molar-refractivity contribution in [2.45, 2.75) is 18.1 Å². The second-order valence-corrected chi connectivity index (χ2v) is 9.02. The second kappa shape index (κ2) is 11.6. The predicted molar refractivity (Wildman–Crippen MR) is 131 cm³/mol. The molecule has 2 aromatic carbocycles. The van der Waals surface area contributed by atoms with Gasteiger partial charge in [-0.05, 0) is 42.0 Å². The van der Waals surface area contributed by atoms with Crippen LogP contribution < -0.4 is 15.4 Å². The fraction of sp³-hybridized carbons (Fsp3) is 0.174. The normalized spacial score (nSPS) is 10.7. The predicted octanol–water partition coefficient (Wildman–Crippen LogP) is 3.46. The van der Waals surface area contributed by atoms with E-state index in [1.54, 1.807) is 47.5 Å². The Morgan fingerprint density at radius 2 is 1.86 bits per heavy atom. The fourth-order valence-electron chi connectivity index (χ4n) is 3.10. The van der Waals surface area contributed by atoms with E-state index in [1.807, 2.05) is 12.1 Å². The van der Waals surface area contributed by atoms with Crippen molar-refractivity contribution in [3.05, 3.63) is 77.3 Å². The van der Waals surface area contributed by atoms with Gasteiger partial charge in [-0.3, -0.25) is 14.2 Å². The molecule has 0 aliphatic carbocycles. The Hall–Kier alpha value is -3.77. The van der Waals surface area contributed by atoms with Gasteiger partial charge in [0.2, 0.25) is 11.8 Å². The summed E-state index contributed by atoms with van der Waals surface area (Å²) in [7, 11) is 1.58. The quantitative estimate of drug-likeness (QED) is 0.313. The lowest BCUT2D eigenvalue weighted by Crippen LogP contribution is -2.26. The van der Waals surface area contributed by atoms with Gasteiger partial charge >= 0.3 is 0 Å². The van der Waals surface area contributed by atoms with Crippen molar-refractivity contribution >= 4 is 40.0 Å². The lowest BCUT2D eigenvalue weighted by molar-refractivity contribution is -0.120. The summed E-state index contributed by atoms with van der Waals surface area (Å²) in [5.74, 6) is 0.416. The minimum Gasteiger partial charge on any atom is -0.497 e. The number of nitrogens with one attached hydrogen (secondary N) is 2. The average molecular weight is 513 g/mol. The third kappa shape index (κ3) is 6.64. The van der Waals surface area contributed by atoms with Crippen molar-refractivity contribution in [2.75, 3.05) is 18.2 Å². The molecule has 12 heteroatoms. The first kappa shape index (κ1) is 24.4. The summed E-state index contributed by atoms with van der Waals surface area (Å²) in [5.41, 5.74) is 1.45. The zero-order valence-corrected chi connectivity index (χ0v) is 20.2. The van der Waals surface area contributed by atoms with Gasteiger partial charge in [-0.25, -0.2) is 9.37 Å². The van der Waals surface area contributed by atoms with E-state index >= 15 is 0 Å². The minimum atomic E-state index is -0.381. The lowest BCUT2D eigenvalue weighted by atomic mass is 10.1. The van der Waals surface area contributed by atoms with Crippen LogP contribution in [0, 0.1) is 5.82 Å². The number of halogens is 1. The number of rotatable bonds is 10. The van der Waals surface area contributed by atoms with Gasteiger partial charge in [0.25, 0.3) is 0 Å². The van der Waals surface area contributed by atoms with E-state index in [-0.39, 0.29) is 36.4 Å². The number of ether oxygens (including phenoxy) is 1. The maximum absolute atomic E-state index is 13.5. The van der Waals surface area contributed by atoms with Crippen LogP contribution in [0.2, 0.25) is 0 Å². The minimum absolute atomic E-state index is 0.0722. The van der Waals surface area contributed by atoms with Crippen LogP contribution >= 0.6 is 23.1 Å². The topological polar surface area (TPSA) is 111 Å². The fourth-order valence-corrected chi connectivity index (χ4v) is 4.41. The third-order valence-corrected chi connectivity index (χ3v) is 6.38. The molecule has 0 radical (unpaired) electrons. The zero-order chi connectivity index (χ0) is 24.6. The highest BCUT2D eigenvalue weighted by Crippen LogP contribution is 2.23. The number of nitrogens with zero attached hydrogens (tertiary/aromatic N) is 4. The number of thiazole rings is 1. The van der Waals surface area contributed by atoms with Crippen LogP contribution in [0.15, 0.2) is 65.3 Å². The lowest BCUT2D eigenvalue weighted by Gasteiger charge is -2.11. The molecule has 2 amide bonds. The van der Waals surface area contributed by atoms with E-state index in [2.05, 4.69) is 25.8 Å². The molecule has 2 heterocycles. The number of thioether (sulfide) groups is 1. The first-order valence-corrected chi connectivity index (χ1v) is 12.3. The van der Waals surface area contributed by atoms with Crippen LogP contribution in [0.5, 0.6) is 5.75 Å². The standard InChI is InChI=1S/C23H21FN6O3S2/c1-33-18-8-2-15(3-9-18)12-20(31)26-13-19-28-29-23(30(19)17-6-4-16(24)5-7-17)35-14-21(32)27-22-25-10-11-34-22/h2-11H,12-14H2,1H3,(H,26,31)(H,25,27,32). The third-order valence-electron chi connectivity index (χ3n) is 4.76. The van der Waals surface area contributed by atoms with E-state index in [1.165, 1.54) is 35.2 Å². The monoisotopic (exact) mass is 512 g/mol. The van der Waals surface area contributed by atoms with Crippen molar-refractivity contribution in [3.63, 3.8) is 0 Å². The molecule has 4 aromatic rings. The Morgan fingerprint density at radius 1 is 1.09 bits per heavy atom. The Bertz CT molecular complexity index is 1280. The number of benzene rings is 2. The van der Waals surface area contributed by atoms with Gasteiger partial charge in [0.15, 0.2) is 16.1 Å². The Labute approximate surface area is 208 Å². The molecule has 0 aliphatic heterocycles. The van der Waals surface area contributed by atoms with Crippen LogP contribution in [0.1, 0.15) is 11.4 Å². The molecule has 2 aromatic heterocycles. The molecule has 0 saturated carbocycles. The second-order valence-electron chi connectivity index (χ2n) is 7.19. The number of amides is 2. The highest BCUT2D eigenvalue weighted by Gasteiger charge is 2.17. The summed E-state index contributed by atoms with van der Waals surface area (Å²) >= 11 is 2.50. The molecule has 2 N–H and O–H groups in total. The van der Waals surface area contributed by atoms with Crippen LogP contribution in [-0.4, -0.2) is 44.4 Å². The molecule has 4 rings (SSSR count). The zero-order valence-electron chi connectivity index (χ0n) is 18.6. The molecular formula is C23H21FN6O3S2. The van der Waals surface area contributed by atoms with E-state index < -0.39 is 0 Å². The summed E-state index contributed by atoms with van der Waals surface area (Å²) < 4.78 is 20.3. The van der Waals surface area contributed by atoms with E-state index in [4.69, 9.17) is 4.74 Å². The van der Waals surface area contributed by atoms with Crippen molar-refractivity contribution < 1.29 is 18.7 Å². The van der Waals surface area contributed by atoms with Gasteiger partial charge in [0.05, 0.1) is 25.8 Å². The largest absolute Gasteiger partial charge is 0.497 e. The van der Waals surface area contributed by atoms with Crippen LogP contribution in [0.25, 0.3) is 5.69 Å². The first-order valence-electron chi connectivity index (χ1n) is 10.4. The SMILES string of the molecule is COc1ccc(CC(=O)NCc2nnc(SCC(=O)Nc3nccs3)n2-c2ccc(F)cc2)cc1. The molecule has 0 atom stereocenters. The molecule has 35 heavy (non-hydrogen) atoms. The Morgan fingerprint density at radius 3 is 2.54 bits per heavy atom. The molecule has 0 spiro atoms. The summed E-state index contributed by atoms with van der Waals surface area (Å²) in [5, 5.41) is 16.7. The summed E-state index contributed by atoms with van der Waals surface area (Å²) in [4.78, 5) is 28.8. The van der Waals surface area contributed by atoms with Gasteiger partial charge in [-0.2, -0.15) is 0 Å². The average Bonchev–Trinajstić information content (AvgIpc) is 3.52. The molecule has 9 nitrogen and oxygen atoms in total. The summed E-state index contributed by atoms with van der Waals surface area (Å²) in [6.07, 6.45) is 1.79. The molecule has 0 fully saturated rings. The van der Waals surface area contributed by atoms with E-state index in [0.29, 0.717) is 27.5 Å². The highest BCUT2D eigenvalue weighted by molar-refractivity contribution is 7.99. The Balaban J connectivity index is 1.44. The van der Waals surface area contributed by atoms with Gasteiger partial charge < -0.3 is 15.4 Å².